The lowest BCUT2D eigenvalue weighted by Crippen LogP contribution is -2.41. The maximum absolute atomic E-state index is 12.7. The molecule has 130 valence electrons. The van der Waals surface area contributed by atoms with E-state index in [-0.39, 0.29) is 17.9 Å². The summed E-state index contributed by atoms with van der Waals surface area (Å²) >= 11 is 1.62. The molecule has 1 N–H and O–H groups in total. The van der Waals surface area contributed by atoms with E-state index in [0.717, 1.165) is 34.8 Å². The number of imide groups is 1. The molecule has 5 nitrogen and oxygen atoms in total. The lowest BCUT2D eigenvalue weighted by molar-refractivity contribution is -0.130. The van der Waals surface area contributed by atoms with Crippen LogP contribution in [0.5, 0.6) is 0 Å². The highest BCUT2D eigenvalue weighted by Crippen LogP contribution is 2.30. The second-order valence-corrected chi connectivity index (χ2v) is 7.63. The number of carbonyl (C=O) groups is 2. The molecule has 25 heavy (non-hydrogen) atoms. The number of benzene rings is 1. The lowest BCUT2D eigenvalue weighted by Gasteiger charge is -2.25. The topological polar surface area (TPSA) is 58.6 Å². The summed E-state index contributed by atoms with van der Waals surface area (Å²) in [7, 11) is 0. The van der Waals surface area contributed by atoms with Crippen molar-refractivity contribution in [2.24, 2.45) is 5.92 Å². The van der Waals surface area contributed by atoms with E-state index in [4.69, 9.17) is 4.74 Å². The van der Waals surface area contributed by atoms with Gasteiger partial charge >= 0.3 is 6.03 Å². The maximum atomic E-state index is 12.7. The largest absolute Gasteiger partial charge is 0.381 e. The SMILES string of the molecule is O=C1NC(C2CCCOC2)C(=O)N1Cc1ccc(-c2ccccc2)s1. The van der Waals surface area contributed by atoms with Crippen LogP contribution in [0.15, 0.2) is 42.5 Å². The molecule has 0 radical (unpaired) electrons. The Morgan fingerprint density at radius 2 is 2.00 bits per heavy atom. The highest BCUT2D eigenvalue weighted by molar-refractivity contribution is 7.15. The number of nitrogens with one attached hydrogen (secondary N) is 1. The van der Waals surface area contributed by atoms with Gasteiger partial charge in [0.15, 0.2) is 0 Å². The van der Waals surface area contributed by atoms with Crippen LogP contribution in [-0.4, -0.2) is 36.1 Å². The molecule has 0 aliphatic carbocycles. The summed E-state index contributed by atoms with van der Waals surface area (Å²) in [5.74, 6) is -0.0476. The Labute approximate surface area is 150 Å². The molecule has 3 heterocycles. The number of urea groups is 1. The van der Waals surface area contributed by atoms with E-state index in [1.165, 1.54) is 4.90 Å². The van der Waals surface area contributed by atoms with Crippen molar-refractivity contribution < 1.29 is 14.3 Å². The minimum atomic E-state index is -0.443. The molecule has 1 aromatic carbocycles. The normalized spacial score (nSPS) is 23.8. The van der Waals surface area contributed by atoms with E-state index in [9.17, 15) is 9.59 Å². The zero-order valence-corrected chi connectivity index (χ0v) is 14.6. The Morgan fingerprint density at radius 3 is 2.76 bits per heavy atom. The second-order valence-electron chi connectivity index (χ2n) is 6.46. The van der Waals surface area contributed by atoms with Crippen molar-refractivity contribution in [1.82, 2.24) is 10.2 Å². The Morgan fingerprint density at radius 1 is 1.16 bits per heavy atom. The first-order chi connectivity index (χ1) is 12.2. The van der Waals surface area contributed by atoms with Gasteiger partial charge in [0.05, 0.1) is 13.2 Å². The van der Waals surface area contributed by atoms with Gasteiger partial charge < -0.3 is 10.1 Å². The van der Waals surface area contributed by atoms with Crippen LogP contribution in [-0.2, 0) is 16.1 Å². The molecule has 0 spiro atoms. The van der Waals surface area contributed by atoms with E-state index in [2.05, 4.69) is 17.4 Å². The fraction of sp³-hybridized carbons (Fsp3) is 0.368. The molecule has 1 aromatic heterocycles. The number of carbonyl (C=O) groups excluding carboxylic acids is 2. The Balaban J connectivity index is 1.46. The lowest BCUT2D eigenvalue weighted by atomic mass is 9.94. The molecule has 2 atom stereocenters. The zero-order valence-electron chi connectivity index (χ0n) is 13.8. The van der Waals surface area contributed by atoms with Gasteiger partial charge in [0.1, 0.15) is 6.04 Å². The molecular formula is C19H20N2O3S. The first-order valence-electron chi connectivity index (χ1n) is 8.56. The first kappa shape index (κ1) is 16.3. The van der Waals surface area contributed by atoms with Crippen LogP contribution in [0, 0.1) is 5.92 Å². The van der Waals surface area contributed by atoms with E-state index < -0.39 is 6.04 Å². The van der Waals surface area contributed by atoms with Gasteiger partial charge in [0.2, 0.25) is 0 Å². The van der Waals surface area contributed by atoms with Crippen molar-refractivity contribution in [2.45, 2.75) is 25.4 Å². The predicted octanol–water partition coefficient (Wildman–Crippen LogP) is 3.26. The van der Waals surface area contributed by atoms with Crippen LogP contribution >= 0.6 is 11.3 Å². The molecule has 2 unspecified atom stereocenters. The third-order valence-corrected chi connectivity index (χ3v) is 5.88. The van der Waals surface area contributed by atoms with Gasteiger partial charge in [-0.3, -0.25) is 9.69 Å². The average molecular weight is 356 g/mol. The summed E-state index contributed by atoms with van der Waals surface area (Å²) in [4.78, 5) is 28.4. The van der Waals surface area contributed by atoms with Gasteiger partial charge in [-0.15, -0.1) is 11.3 Å². The molecule has 2 fully saturated rings. The summed E-state index contributed by atoms with van der Waals surface area (Å²) in [6.45, 7) is 1.61. The molecule has 2 aromatic rings. The number of rotatable bonds is 4. The summed E-state index contributed by atoms with van der Waals surface area (Å²) in [6, 6.07) is 13.4. The van der Waals surface area contributed by atoms with Crippen molar-refractivity contribution in [3.8, 4) is 10.4 Å². The number of ether oxygens (including phenoxy) is 1. The van der Waals surface area contributed by atoms with Crippen molar-refractivity contribution in [2.75, 3.05) is 13.2 Å². The minimum Gasteiger partial charge on any atom is -0.381 e. The Hall–Kier alpha value is -2.18. The molecule has 3 amide bonds. The molecule has 2 saturated heterocycles. The monoisotopic (exact) mass is 356 g/mol. The molecule has 0 saturated carbocycles. The van der Waals surface area contributed by atoms with Crippen molar-refractivity contribution in [3.63, 3.8) is 0 Å². The van der Waals surface area contributed by atoms with Crippen LogP contribution in [0.25, 0.3) is 10.4 Å². The quantitative estimate of drug-likeness (QED) is 0.856. The Kier molecular flexibility index (Phi) is 4.55. The predicted molar refractivity (Wildman–Crippen MR) is 96.2 cm³/mol. The fourth-order valence-corrected chi connectivity index (χ4v) is 4.42. The van der Waals surface area contributed by atoms with Gasteiger partial charge in [-0.1, -0.05) is 30.3 Å². The van der Waals surface area contributed by atoms with E-state index in [0.29, 0.717) is 13.2 Å². The minimum absolute atomic E-state index is 0.0819. The highest BCUT2D eigenvalue weighted by atomic mass is 32.1. The highest BCUT2D eigenvalue weighted by Gasteiger charge is 2.42. The van der Waals surface area contributed by atoms with E-state index in [1.807, 2.05) is 30.3 Å². The average Bonchev–Trinajstić information content (AvgIpc) is 3.23. The van der Waals surface area contributed by atoms with Crippen LogP contribution < -0.4 is 5.32 Å². The van der Waals surface area contributed by atoms with Crippen LogP contribution in [0.1, 0.15) is 17.7 Å². The van der Waals surface area contributed by atoms with Gasteiger partial charge in [0, 0.05) is 22.3 Å². The zero-order chi connectivity index (χ0) is 17.2. The number of amides is 3. The van der Waals surface area contributed by atoms with Crippen molar-refractivity contribution >= 4 is 23.3 Å². The van der Waals surface area contributed by atoms with Crippen molar-refractivity contribution in [3.05, 3.63) is 47.3 Å². The fourth-order valence-electron chi connectivity index (χ4n) is 3.41. The summed E-state index contributed by atoms with van der Waals surface area (Å²) in [5.41, 5.74) is 1.15. The van der Waals surface area contributed by atoms with Gasteiger partial charge in [-0.2, -0.15) is 0 Å². The van der Waals surface area contributed by atoms with Crippen LogP contribution in [0.4, 0.5) is 4.79 Å². The third kappa shape index (κ3) is 3.32. The van der Waals surface area contributed by atoms with E-state index in [1.54, 1.807) is 11.3 Å². The van der Waals surface area contributed by atoms with E-state index >= 15 is 0 Å². The smallest absolute Gasteiger partial charge is 0.325 e. The molecule has 2 aliphatic heterocycles. The van der Waals surface area contributed by atoms with Gasteiger partial charge in [0.25, 0.3) is 5.91 Å². The number of thiophene rings is 1. The standard InChI is InChI=1S/C19H20N2O3S/c22-18-17(14-7-4-10-24-12-14)20-19(23)21(18)11-15-8-9-16(25-15)13-5-2-1-3-6-13/h1-3,5-6,8-9,14,17H,4,7,10-12H2,(H,20,23). The molecule has 4 rings (SSSR count). The van der Waals surface area contributed by atoms with Crippen LogP contribution in [0.2, 0.25) is 0 Å². The molecule has 0 bridgehead atoms. The molecular weight excluding hydrogens is 336 g/mol. The molecule has 6 heteroatoms. The van der Waals surface area contributed by atoms with Gasteiger partial charge in [-0.05, 0) is 30.5 Å². The summed E-state index contributed by atoms with van der Waals surface area (Å²) in [5, 5.41) is 2.84. The third-order valence-electron chi connectivity index (χ3n) is 4.76. The summed E-state index contributed by atoms with van der Waals surface area (Å²) in [6.07, 6.45) is 1.86. The first-order valence-corrected chi connectivity index (χ1v) is 9.38. The van der Waals surface area contributed by atoms with Crippen molar-refractivity contribution in [1.29, 1.82) is 0 Å². The molecule has 2 aliphatic rings. The maximum Gasteiger partial charge on any atom is 0.325 e. The summed E-state index contributed by atoms with van der Waals surface area (Å²) < 4.78 is 5.46. The number of nitrogens with zero attached hydrogens (tertiary/aromatic N) is 1. The number of hydrogen-bond donors (Lipinski definition) is 1. The second kappa shape index (κ2) is 6.98. The number of hydrogen-bond acceptors (Lipinski definition) is 4. The van der Waals surface area contributed by atoms with Gasteiger partial charge in [-0.25, -0.2) is 4.79 Å². The van der Waals surface area contributed by atoms with Crippen LogP contribution in [0.3, 0.4) is 0 Å². The Bertz CT molecular complexity index is 768.